The molecule has 0 spiro atoms. The van der Waals surface area contributed by atoms with Crippen molar-refractivity contribution in [1.29, 1.82) is 0 Å². The largest absolute Gasteiger partial charge is 0.633 e. The maximum absolute atomic E-state index is 14.1. The van der Waals surface area contributed by atoms with Gasteiger partial charge in [-0.1, -0.05) is 72.3 Å². The van der Waals surface area contributed by atoms with Gasteiger partial charge in [-0.15, -0.1) is 0 Å². The van der Waals surface area contributed by atoms with Crippen LogP contribution < -0.4 is 0 Å². The molecule has 0 saturated carbocycles. The second-order valence-electron chi connectivity index (χ2n) is 10.9. The predicted octanol–water partition coefficient (Wildman–Crippen LogP) is 4.85. The highest BCUT2D eigenvalue weighted by Gasteiger charge is 2.31. The number of aryl methyl sites for hydroxylation is 2. The number of sulfonamides is 2. The van der Waals surface area contributed by atoms with Gasteiger partial charge in [-0.3, -0.25) is 0 Å². The Hall–Kier alpha value is -2.86. The second kappa shape index (κ2) is 13.0. The molecule has 3 aromatic carbocycles. The molecular formula is C31H39N3O5S2. The van der Waals surface area contributed by atoms with Crippen LogP contribution in [0.4, 0.5) is 0 Å². The summed E-state index contributed by atoms with van der Waals surface area (Å²) in [6.07, 6.45) is 0.722. The first kappa shape index (κ1) is 31.1. The monoisotopic (exact) mass is 597 g/mol. The Bertz CT molecular complexity index is 1450. The molecule has 4 rings (SSSR count). The molecule has 1 saturated heterocycles. The van der Waals surface area contributed by atoms with E-state index < -0.39 is 24.7 Å². The van der Waals surface area contributed by atoms with Crippen molar-refractivity contribution in [3.8, 4) is 0 Å². The van der Waals surface area contributed by atoms with Crippen molar-refractivity contribution in [3.63, 3.8) is 0 Å². The predicted molar refractivity (Wildman–Crippen MR) is 162 cm³/mol. The maximum Gasteiger partial charge on any atom is 0.243 e. The van der Waals surface area contributed by atoms with Crippen molar-refractivity contribution in [2.45, 2.75) is 43.0 Å². The summed E-state index contributed by atoms with van der Waals surface area (Å²) < 4.78 is 56.9. The summed E-state index contributed by atoms with van der Waals surface area (Å²) in [7, 11) is -7.82. The van der Waals surface area contributed by atoms with Crippen molar-refractivity contribution in [2.75, 3.05) is 39.3 Å². The fourth-order valence-electron chi connectivity index (χ4n) is 5.09. The molecule has 0 unspecified atom stereocenters. The molecule has 3 aromatic rings. The zero-order valence-electron chi connectivity index (χ0n) is 23.8. The van der Waals surface area contributed by atoms with Crippen LogP contribution in [0.3, 0.4) is 0 Å². The third kappa shape index (κ3) is 7.91. The lowest BCUT2D eigenvalue weighted by Gasteiger charge is -2.44. The van der Waals surface area contributed by atoms with E-state index in [0.29, 0.717) is 18.4 Å². The topological polar surface area (TPSA) is 97.8 Å². The molecule has 0 aliphatic carbocycles. The van der Waals surface area contributed by atoms with Gasteiger partial charge in [-0.05, 0) is 43.7 Å². The molecule has 0 amide bonds. The van der Waals surface area contributed by atoms with Crippen LogP contribution in [0.2, 0.25) is 0 Å². The van der Waals surface area contributed by atoms with E-state index in [0.717, 1.165) is 16.7 Å². The number of rotatable bonds is 6. The fraction of sp³-hybridized carbons (Fsp3) is 0.355. The molecule has 8 nitrogen and oxygen atoms in total. The molecule has 41 heavy (non-hydrogen) atoms. The van der Waals surface area contributed by atoms with Crippen molar-refractivity contribution in [1.82, 2.24) is 8.61 Å². The summed E-state index contributed by atoms with van der Waals surface area (Å²) in [4.78, 5) is 0.304. The standard InChI is InChI=1S/C31H39N3O5S2/c1-26-11-15-30(16-12-26)40(36,37)32-19-7-21-34(35,25-29-9-5-4-6-10-29)22-8-20-33(24-28(3)23-32)41(38,39)31-17-13-27(2)14-18-31/h4-6,9-18H,3,7-8,19-25H2,1-2H3. The van der Waals surface area contributed by atoms with E-state index in [1.165, 1.54) is 8.61 Å². The van der Waals surface area contributed by atoms with E-state index in [1.54, 1.807) is 48.5 Å². The van der Waals surface area contributed by atoms with Gasteiger partial charge in [0, 0.05) is 44.6 Å². The van der Waals surface area contributed by atoms with Crippen LogP contribution in [0, 0.1) is 19.1 Å². The van der Waals surface area contributed by atoms with E-state index >= 15 is 0 Å². The number of benzene rings is 3. The molecule has 1 fully saturated rings. The van der Waals surface area contributed by atoms with Gasteiger partial charge in [0.25, 0.3) is 0 Å². The third-order valence-electron chi connectivity index (χ3n) is 7.38. The van der Waals surface area contributed by atoms with Gasteiger partial charge in [-0.2, -0.15) is 8.61 Å². The van der Waals surface area contributed by atoms with Gasteiger partial charge in [0.15, 0.2) is 0 Å². The van der Waals surface area contributed by atoms with E-state index in [1.807, 2.05) is 44.2 Å². The van der Waals surface area contributed by atoms with Crippen LogP contribution in [-0.4, -0.2) is 69.4 Å². The average Bonchev–Trinajstić information content (AvgIpc) is 2.92. The summed E-state index contributed by atoms with van der Waals surface area (Å²) in [5, 5.41) is 14.1. The number of hydroxylamine groups is 3. The van der Waals surface area contributed by atoms with Crippen LogP contribution in [0.1, 0.15) is 29.5 Å². The lowest BCUT2D eigenvalue weighted by atomic mass is 10.2. The average molecular weight is 598 g/mol. The summed E-state index contributed by atoms with van der Waals surface area (Å²) >= 11 is 0. The second-order valence-corrected chi connectivity index (χ2v) is 14.8. The van der Waals surface area contributed by atoms with Crippen LogP contribution in [-0.2, 0) is 26.6 Å². The molecular weight excluding hydrogens is 558 g/mol. The zero-order valence-corrected chi connectivity index (χ0v) is 25.4. The van der Waals surface area contributed by atoms with Crippen molar-refractivity contribution in [2.24, 2.45) is 0 Å². The molecule has 0 bridgehead atoms. The highest BCUT2D eigenvalue weighted by Crippen LogP contribution is 2.24. The SMILES string of the molecule is C=C1CN(S(=O)(=O)c2ccc(C)cc2)CCC[N+]([O-])(Cc2ccccc2)CCCN(S(=O)(=O)c2ccc(C)cc2)C1. The Morgan fingerprint density at radius 2 is 1.12 bits per heavy atom. The fourth-order valence-corrected chi connectivity index (χ4v) is 8.09. The Balaban J connectivity index is 1.67. The van der Waals surface area contributed by atoms with Crippen LogP contribution in [0.15, 0.2) is 101 Å². The molecule has 0 aromatic heterocycles. The highest BCUT2D eigenvalue weighted by atomic mass is 32.2. The van der Waals surface area contributed by atoms with Crippen molar-refractivity contribution in [3.05, 3.63) is 113 Å². The first-order chi connectivity index (χ1) is 19.4. The molecule has 1 aliphatic rings. The molecule has 1 aliphatic heterocycles. The van der Waals surface area contributed by atoms with Gasteiger partial charge in [0.05, 0.1) is 22.9 Å². The maximum atomic E-state index is 14.1. The van der Waals surface area contributed by atoms with E-state index in [9.17, 15) is 22.0 Å². The molecule has 0 atom stereocenters. The molecule has 0 radical (unpaired) electrons. The van der Waals surface area contributed by atoms with Gasteiger partial charge in [0.1, 0.15) is 6.54 Å². The first-order valence-corrected chi connectivity index (χ1v) is 16.7. The van der Waals surface area contributed by atoms with E-state index in [4.69, 9.17) is 0 Å². The smallest absolute Gasteiger partial charge is 0.243 e. The molecule has 10 heteroatoms. The molecule has 0 N–H and O–H groups in total. The van der Waals surface area contributed by atoms with Crippen molar-refractivity contribution >= 4 is 20.0 Å². The summed E-state index contributed by atoms with van der Waals surface area (Å²) in [5.74, 6) is 0. The van der Waals surface area contributed by atoms with Crippen LogP contribution in [0.5, 0.6) is 0 Å². The summed E-state index contributed by atoms with van der Waals surface area (Å²) in [5.41, 5.74) is 3.22. The van der Waals surface area contributed by atoms with Gasteiger partial charge < -0.3 is 9.85 Å². The highest BCUT2D eigenvalue weighted by molar-refractivity contribution is 7.89. The zero-order chi connectivity index (χ0) is 29.7. The Morgan fingerprint density at radius 1 is 0.707 bits per heavy atom. The first-order valence-electron chi connectivity index (χ1n) is 13.8. The number of hydrogen-bond donors (Lipinski definition) is 0. The van der Waals surface area contributed by atoms with Crippen LogP contribution >= 0.6 is 0 Å². The molecule has 220 valence electrons. The van der Waals surface area contributed by atoms with Gasteiger partial charge in [0.2, 0.25) is 20.0 Å². The van der Waals surface area contributed by atoms with E-state index in [-0.39, 0.29) is 55.6 Å². The van der Waals surface area contributed by atoms with E-state index in [2.05, 4.69) is 6.58 Å². The Morgan fingerprint density at radius 3 is 1.54 bits per heavy atom. The van der Waals surface area contributed by atoms with Crippen LogP contribution in [0.25, 0.3) is 0 Å². The minimum Gasteiger partial charge on any atom is -0.633 e. The Labute approximate surface area is 244 Å². The lowest BCUT2D eigenvalue weighted by molar-refractivity contribution is -0.894. The number of quaternary nitrogens is 1. The summed E-state index contributed by atoms with van der Waals surface area (Å²) in [6, 6.07) is 22.7. The van der Waals surface area contributed by atoms with Gasteiger partial charge in [-0.25, -0.2) is 16.8 Å². The minimum atomic E-state index is -3.91. The Kier molecular flexibility index (Phi) is 9.84. The normalized spacial score (nSPS) is 18.4. The van der Waals surface area contributed by atoms with Gasteiger partial charge >= 0.3 is 0 Å². The quantitative estimate of drug-likeness (QED) is 0.230. The number of nitrogens with zero attached hydrogens (tertiary/aromatic N) is 3. The molecule has 1 heterocycles. The summed E-state index contributed by atoms with van der Waals surface area (Å²) in [6.45, 7) is 8.64. The number of hydrogen-bond acceptors (Lipinski definition) is 5. The minimum absolute atomic E-state index is 0.0479. The third-order valence-corrected chi connectivity index (χ3v) is 11.1. The van der Waals surface area contributed by atoms with Crippen molar-refractivity contribution < 1.29 is 21.5 Å². The lowest BCUT2D eigenvalue weighted by Crippen LogP contribution is -2.47.